The zero-order valence-electron chi connectivity index (χ0n) is 18.4. The van der Waals surface area contributed by atoms with E-state index in [1.807, 2.05) is 42.3 Å². The Labute approximate surface area is 184 Å². The van der Waals surface area contributed by atoms with Gasteiger partial charge in [0.1, 0.15) is 5.75 Å². The lowest BCUT2D eigenvalue weighted by molar-refractivity contribution is -0.147. The number of hydrogen-bond donors (Lipinski definition) is 0. The molecule has 164 valence electrons. The minimum Gasteiger partial charge on any atom is -0.497 e. The van der Waals surface area contributed by atoms with Crippen molar-refractivity contribution in [3.05, 3.63) is 65.7 Å². The number of piperazine rings is 1. The van der Waals surface area contributed by atoms with Crippen LogP contribution >= 0.6 is 0 Å². The van der Waals surface area contributed by atoms with Crippen LogP contribution in [0.3, 0.4) is 0 Å². The van der Waals surface area contributed by atoms with Gasteiger partial charge in [0.25, 0.3) is 0 Å². The topological polar surface area (TPSA) is 53.1 Å². The molecule has 4 rings (SSSR count). The van der Waals surface area contributed by atoms with Gasteiger partial charge in [-0.2, -0.15) is 0 Å². The quantitative estimate of drug-likeness (QED) is 0.745. The molecular weight excluding hydrogens is 390 g/mol. The summed E-state index contributed by atoms with van der Waals surface area (Å²) in [5.41, 5.74) is 2.28. The third kappa shape index (κ3) is 4.74. The third-order valence-corrected chi connectivity index (χ3v) is 6.57. The lowest BCUT2D eigenvalue weighted by Crippen LogP contribution is -2.53. The van der Waals surface area contributed by atoms with Crippen LogP contribution in [0.25, 0.3) is 0 Å². The molecule has 6 nitrogen and oxygen atoms in total. The molecule has 0 aromatic heterocycles. The van der Waals surface area contributed by atoms with Gasteiger partial charge in [0.15, 0.2) is 0 Å². The van der Waals surface area contributed by atoms with Crippen molar-refractivity contribution in [3.8, 4) is 5.75 Å². The predicted molar refractivity (Wildman–Crippen MR) is 120 cm³/mol. The molecule has 2 saturated heterocycles. The Kier molecular flexibility index (Phi) is 6.56. The molecule has 0 spiro atoms. The van der Waals surface area contributed by atoms with Crippen molar-refractivity contribution in [2.75, 3.05) is 40.3 Å². The van der Waals surface area contributed by atoms with Crippen LogP contribution in [-0.2, 0) is 16.1 Å². The van der Waals surface area contributed by atoms with Crippen molar-refractivity contribution in [1.82, 2.24) is 14.7 Å². The molecule has 0 radical (unpaired) electrons. The minimum atomic E-state index is -0.234. The van der Waals surface area contributed by atoms with Gasteiger partial charge in [-0.15, -0.1) is 0 Å². The van der Waals surface area contributed by atoms with Crippen LogP contribution in [0.4, 0.5) is 0 Å². The molecule has 6 heteroatoms. The SMILES string of the molecule is COc1ccc([C@@H]2[C@H](C(=O)N3CCN(Cc4ccccc4)CC3)CCC(=O)N2C)cc1. The molecule has 2 aliphatic rings. The molecule has 2 heterocycles. The van der Waals surface area contributed by atoms with Crippen LogP contribution < -0.4 is 4.74 Å². The monoisotopic (exact) mass is 421 g/mol. The van der Waals surface area contributed by atoms with Gasteiger partial charge in [-0.05, 0) is 29.7 Å². The first kappa shape index (κ1) is 21.4. The van der Waals surface area contributed by atoms with Gasteiger partial charge < -0.3 is 14.5 Å². The highest BCUT2D eigenvalue weighted by Gasteiger charge is 2.41. The van der Waals surface area contributed by atoms with E-state index in [0.717, 1.165) is 44.0 Å². The van der Waals surface area contributed by atoms with Gasteiger partial charge >= 0.3 is 0 Å². The Hall–Kier alpha value is -2.86. The van der Waals surface area contributed by atoms with Crippen LogP contribution in [0.2, 0.25) is 0 Å². The van der Waals surface area contributed by atoms with E-state index in [9.17, 15) is 9.59 Å². The average molecular weight is 422 g/mol. The van der Waals surface area contributed by atoms with Gasteiger partial charge in [-0.3, -0.25) is 14.5 Å². The average Bonchev–Trinajstić information content (AvgIpc) is 2.81. The summed E-state index contributed by atoms with van der Waals surface area (Å²) >= 11 is 0. The summed E-state index contributed by atoms with van der Waals surface area (Å²) in [5.74, 6) is 0.819. The fourth-order valence-electron chi connectivity index (χ4n) is 4.76. The summed E-state index contributed by atoms with van der Waals surface area (Å²) in [6.07, 6.45) is 1.02. The Morgan fingerprint density at radius 2 is 1.68 bits per heavy atom. The predicted octanol–water partition coefficient (Wildman–Crippen LogP) is 2.95. The van der Waals surface area contributed by atoms with E-state index < -0.39 is 0 Å². The van der Waals surface area contributed by atoms with Crippen LogP contribution in [0.1, 0.15) is 30.0 Å². The maximum Gasteiger partial charge on any atom is 0.228 e. The van der Waals surface area contributed by atoms with Crippen LogP contribution in [0.5, 0.6) is 5.75 Å². The van der Waals surface area contributed by atoms with E-state index in [0.29, 0.717) is 12.8 Å². The Bertz CT molecular complexity index is 892. The lowest BCUT2D eigenvalue weighted by Gasteiger charge is -2.42. The highest BCUT2D eigenvalue weighted by molar-refractivity contribution is 5.85. The molecule has 0 saturated carbocycles. The van der Waals surface area contributed by atoms with Crippen molar-refractivity contribution >= 4 is 11.8 Å². The number of hydrogen-bond acceptors (Lipinski definition) is 4. The van der Waals surface area contributed by atoms with Crippen LogP contribution in [0, 0.1) is 5.92 Å². The van der Waals surface area contributed by atoms with Crippen molar-refractivity contribution in [3.63, 3.8) is 0 Å². The van der Waals surface area contributed by atoms with E-state index in [2.05, 4.69) is 29.2 Å². The summed E-state index contributed by atoms with van der Waals surface area (Å²) in [7, 11) is 3.45. The van der Waals surface area contributed by atoms with Crippen molar-refractivity contribution in [1.29, 1.82) is 0 Å². The highest BCUT2D eigenvalue weighted by atomic mass is 16.5. The van der Waals surface area contributed by atoms with E-state index in [1.165, 1.54) is 5.56 Å². The van der Waals surface area contributed by atoms with Gasteiger partial charge in [0.2, 0.25) is 11.8 Å². The standard InChI is InChI=1S/C25H31N3O3/c1-26-23(29)13-12-22(24(26)20-8-10-21(31-2)11-9-20)25(30)28-16-14-27(15-17-28)18-19-6-4-3-5-7-19/h3-11,22,24H,12-18H2,1-2H3/t22-,24-/m1/s1. The van der Waals surface area contributed by atoms with Crippen molar-refractivity contribution in [2.45, 2.75) is 25.4 Å². The largest absolute Gasteiger partial charge is 0.497 e. The Morgan fingerprint density at radius 3 is 2.32 bits per heavy atom. The number of carbonyl (C=O) groups is 2. The summed E-state index contributed by atoms with van der Waals surface area (Å²) in [5, 5.41) is 0. The summed E-state index contributed by atoms with van der Waals surface area (Å²) < 4.78 is 5.27. The lowest BCUT2D eigenvalue weighted by atomic mass is 9.83. The third-order valence-electron chi connectivity index (χ3n) is 6.57. The maximum absolute atomic E-state index is 13.5. The molecule has 31 heavy (non-hydrogen) atoms. The fraction of sp³-hybridized carbons (Fsp3) is 0.440. The van der Waals surface area contributed by atoms with Crippen molar-refractivity contribution < 1.29 is 14.3 Å². The van der Waals surface area contributed by atoms with Gasteiger partial charge in [0, 0.05) is 46.2 Å². The fourth-order valence-corrected chi connectivity index (χ4v) is 4.76. The molecule has 0 N–H and O–H groups in total. The number of benzene rings is 2. The molecular formula is C25H31N3O3. The van der Waals surface area contributed by atoms with Crippen LogP contribution in [0.15, 0.2) is 54.6 Å². The first-order valence-electron chi connectivity index (χ1n) is 11.0. The number of nitrogens with zero attached hydrogens (tertiary/aromatic N) is 3. The molecule has 0 aliphatic carbocycles. The number of ether oxygens (including phenoxy) is 1. The molecule has 0 unspecified atom stereocenters. The Balaban J connectivity index is 1.44. The maximum atomic E-state index is 13.5. The highest BCUT2D eigenvalue weighted by Crippen LogP contribution is 2.37. The summed E-state index contributed by atoms with van der Waals surface area (Å²) in [6.45, 7) is 4.12. The van der Waals surface area contributed by atoms with Gasteiger partial charge in [-0.1, -0.05) is 42.5 Å². The first-order valence-corrected chi connectivity index (χ1v) is 11.0. The molecule has 2 amide bonds. The number of piperidine rings is 1. The number of likely N-dealkylation sites (tertiary alicyclic amines) is 1. The summed E-state index contributed by atoms with van der Waals surface area (Å²) in [4.78, 5) is 32.1. The van der Waals surface area contributed by atoms with E-state index in [4.69, 9.17) is 4.74 Å². The van der Waals surface area contributed by atoms with E-state index >= 15 is 0 Å². The molecule has 2 aromatic carbocycles. The number of methoxy groups -OCH3 is 1. The Morgan fingerprint density at radius 1 is 1.00 bits per heavy atom. The molecule has 2 aliphatic heterocycles. The molecule has 2 aromatic rings. The van der Waals surface area contributed by atoms with E-state index in [1.54, 1.807) is 12.0 Å². The second kappa shape index (κ2) is 9.52. The number of rotatable bonds is 5. The molecule has 2 fully saturated rings. The van der Waals surface area contributed by atoms with Gasteiger partial charge in [-0.25, -0.2) is 0 Å². The zero-order valence-corrected chi connectivity index (χ0v) is 18.4. The van der Waals surface area contributed by atoms with Gasteiger partial charge in [0.05, 0.1) is 19.1 Å². The van der Waals surface area contributed by atoms with Crippen LogP contribution in [-0.4, -0.2) is 66.9 Å². The molecule has 0 bridgehead atoms. The minimum absolute atomic E-state index is 0.0950. The first-order chi connectivity index (χ1) is 15.1. The normalized spacial score (nSPS) is 22.5. The second-order valence-electron chi connectivity index (χ2n) is 8.45. The van der Waals surface area contributed by atoms with Crippen molar-refractivity contribution in [2.24, 2.45) is 5.92 Å². The molecule has 2 atom stereocenters. The zero-order chi connectivity index (χ0) is 21.8. The summed E-state index contributed by atoms with van der Waals surface area (Å²) in [6, 6.07) is 17.9. The number of amides is 2. The number of carbonyl (C=O) groups excluding carboxylic acids is 2. The smallest absolute Gasteiger partial charge is 0.228 e. The second-order valence-corrected chi connectivity index (χ2v) is 8.45. The van der Waals surface area contributed by atoms with E-state index in [-0.39, 0.29) is 23.8 Å².